The summed E-state index contributed by atoms with van der Waals surface area (Å²) in [5, 5.41) is 0. The Morgan fingerprint density at radius 1 is 1.05 bits per heavy atom. The molecule has 112 valence electrons. The van der Waals surface area contributed by atoms with Gasteiger partial charge in [0.1, 0.15) is 11.5 Å². The van der Waals surface area contributed by atoms with Gasteiger partial charge in [-0.1, -0.05) is 13.8 Å². The van der Waals surface area contributed by atoms with Crippen molar-refractivity contribution in [1.82, 2.24) is 0 Å². The molecule has 21 heavy (non-hydrogen) atoms. The van der Waals surface area contributed by atoms with Gasteiger partial charge in [0.15, 0.2) is 5.75 Å². The lowest BCUT2D eigenvalue weighted by molar-refractivity contribution is 0.405. The van der Waals surface area contributed by atoms with Crippen LogP contribution in [0, 0.1) is 7.14 Å². The summed E-state index contributed by atoms with van der Waals surface area (Å²) < 4.78 is 13.5. The van der Waals surface area contributed by atoms with E-state index in [1.165, 1.54) is 0 Å². The van der Waals surface area contributed by atoms with E-state index >= 15 is 0 Å². The van der Waals surface area contributed by atoms with E-state index in [1.807, 2.05) is 30.3 Å². The largest absolute Gasteiger partial charge is 0.496 e. The summed E-state index contributed by atoms with van der Waals surface area (Å²) >= 11 is 4.48. The van der Waals surface area contributed by atoms with Crippen molar-refractivity contribution in [3.05, 3.63) is 43.0 Å². The van der Waals surface area contributed by atoms with Gasteiger partial charge in [-0.15, -0.1) is 0 Å². The molecule has 0 aliphatic carbocycles. The fraction of sp³-hybridized carbons (Fsp3) is 0.250. The highest BCUT2D eigenvalue weighted by Gasteiger charge is 2.12. The minimum atomic E-state index is 0.369. The lowest BCUT2D eigenvalue weighted by Gasteiger charge is -2.15. The van der Waals surface area contributed by atoms with Crippen molar-refractivity contribution in [1.29, 1.82) is 0 Å². The van der Waals surface area contributed by atoms with Crippen LogP contribution in [0.3, 0.4) is 0 Å². The van der Waals surface area contributed by atoms with Crippen LogP contribution in [0.1, 0.15) is 25.3 Å². The van der Waals surface area contributed by atoms with Crippen LogP contribution >= 0.6 is 45.2 Å². The highest BCUT2D eigenvalue weighted by molar-refractivity contribution is 14.1. The number of halogens is 2. The van der Waals surface area contributed by atoms with Crippen molar-refractivity contribution in [3.63, 3.8) is 0 Å². The van der Waals surface area contributed by atoms with Gasteiger partial charge < -0.3 is 15.2 Å². The summed E-state index contributed by atoms with van der Waals surface area (Å²) in [6.07, 6.45) is 0. The Bertz CT molecular complexity index is 634. The molecule has 2 N–H and O–H groups in total. The summed E-state index contributed by atoms with van der Waals surface area (Å²) in [4.78, 5) is 0. The molecule has 0 atom stereocenters. The quantitative estimate of drug-likeness (QED) is 0.444. The molecule has 0 bridgehead atoms. The predicted molar refractivity (Wildman–Crippen MR) is 103 cm³/mol. The Hall–Kier alpha value is -0.700. The summed E-state index contributed by atoms with van der Waals surface area (Å²) in [7, 11) is 1.69. The molecule has 0 spiro atoms. The molecule has 2 aromatic carbocycles. The van der Waals surface area contributed by atoms with E-state index in [4.69, 9.17) is 15.2 Å². The summed E-state index contributed by atoms with van der Waals surface area (Å²) in [6, 6.07) is 9.72. The van der Waals surface area contributed by atoms with Gasteiger partial charge in [-0.05, 0) is 81.4 Å². The van der Waals surface area contributed by atoms with Crippen LogP contribution in [-0.2, 0) is 0 Å². The number of nitrogens with two attached hydrogens (primary N) is 1. The lowest BCUT2D eigenvalue weighted by atomic mass is 10.0. The summed E-state index contributed by atoms with van der Waals surface area (Å²) in [5.74, 6) is 2.90. The molecule has 0 saturated carbocycles. The standard InChI is InChI=1S/C16H17I2NO2/c1-9(2)12-8-11(4-5-15(12)20-3)21-16-13(17)6-10(19)7-14(16)18/h4-9H,19H2,1-3H3. The number of ether oxygens (including phenoxy) is 2. The molecule has 0 aromatic heterocycles. The second-order valence-corrected chi connectivity index (χ2v) is 7.30. The Labute approximate surface area is 152 Å². The van der Waals surface area contributed by atoms with Crippen LogP contribution in [0.15, 0.2) is 30.3 Å². The number of benzene rings is 2. The molecule has 0 amide bonds. The van der Waals surface area contributed by atoms with Crippen LogP contribution in [0.5, 0.6) is 17.2 Å². The van der Waals surface area contributed by atoms with E-state index in [1.54, 1.807) is 7.11 Å². The van der Waals surface area contributed by atoms with Gasteiger partial charge in [0.05, 0.1) is 14.3 Å². The van der Waals surface area contributed by atoms with Crippen LogP contribution < -0.4 is 15.2 Å². The zero-order valence-electron chi connectivity index (χ0n) is 12.1. The average molecular weight is 509 g/mol. The molecule has 0 saturated heterocycles. The maximum atomic E-state index is 6.06. The molecule has 5 heteroatoms. The van der Waals surface area contributed by atoms with Gasteiger partial charge in [-0.3, -0.25) is 0 Å². The van der Waals surface area contributed by atoms with Gasteiger partial charge in [-0.25, -0.2) is 0 Å². The van der Waals surface area contributed by atoms with Gasteiger partial charge in [0.25, 0.3) is 0 Å². The smallest absolute Gasteiger partial charge is 0.154 e. The molecule has 0 heterocycles. The van der Waals surface area contributed by atoms with E-state index in [0.29, 0.717) is 5.92 Å². The van der Waals surface area contributed by atoms with Gasteiger partial charge in [-0.2, -0.15) is 0 Å². The van der Waals surface area contributed by atoms with E-state index in [-0.39, 0.29) is 0 Å². The van der Waals surface area contributed by atoms with Crippen LogP contribution in [-0.4, -0.2) is 7.11 Å². The Morgan fingerprint density at radius 2 is 1.67 bits per heavy atom. The fourth-order valence-electron chi connectivity index (χ4n) is 2.02. The monoisotopic (exact) mass is 509 g/mol. The third-order valence-electron chi connectivity index (χ3n) is 3.06. The molecule has 3 nitrogen and oxygen atoms in total. The van der Waals surface area contributed by atoms with Crippen molar-refractivity contribution in [3.8, 4) is 17.2 Å². The van der Waals surface area contributed by atoms with Crippen LogP contribution in [0.4, 0.5) is 5.69 Å². The maximum absolute atomic E-state index is 6.06. The Morgan fingerprint density at radius 3 is 2.19 bits per heavy atom. The number of nitrogen functional groups attached to an aromatic ring is 1. The molecule has 0 aliphatic heterocycles. The van der Waals surface area contributed by atoms with E-state index < -0.39 is 0 Å². The molecule has 0 aliphatic rings. The first kappa shape index (κ1) is 16.7. The van der Waals surface area contributed by atoms with Crippen LogP contribution in [0.25, 0.3) is 0 Å². The van der Waals surface area contributed by atoms with E-state index in [9.17, 15) is 0 Å². The predicted octanol–water partition coefficient (Wildman–Crippen LogP) is 5.40. The number of rotatable bonds is 4. The SMILES string of the molecule is COc1ccc(Oc2c(I)cc(N)cc2I)cc1C(C)C. The topological polar surface area (TPSA) is 44.5 Å². The number of anilines is 1. The second kappa shape index (κ2) is 7.04. The first-order valence-electron chi connectivity index (χ1n) is 6.52. The number of hydrogen-bond donors (Lipinski definition) is 1. The first-order chi connectivity index (χ1) is 9.92. The summed E-state index contributed by atoms with van der Waals surface area (Å²) in [6.45, 7) is 4.27. The average Bonchev–Trinajstić information content (AvgIpc) is 2.42. The van der Waals surface area contributed by atoms with Crippen molar-refractivity contribution in [2.45, 2.75) is 19.8 Å². The highest BCUT2D eigenvalue weighted by atomic mass is 127. The normalized spacial score (nSPS) is 10.8. The zero-order chi connectivity index (χ0) is 15.6. The zero-order valence-corrected chi connectivity index (χ0v) is 16.4. The highest BCUT2D eigenvalue weighted by Crippen LogP contribution is 2.36. The fourth-order valence-corrected chi connectivity index (χ4v) is 4.06. The van der Waals surface area contributed by atoms with E-state index in [2.05, 4.69) is 59.0 Å². The van der Waals surface area contributed by atoms with Gasteiger partial charge >= 0.3 is 0 Å². The molecular weight excluding hydrogens is 492 g/mol. The molecule has 0 unspecified atom stereocenters. The van der Waals surface area contributed by atoms with Gasteiger partial charge in [0, 0.05) is 11.3 Å². The van der Waals surface area contributed by atoms with Crippen molar-refractivity contribution >= 4 is 50.9 Å². The number of methoxy groups -OCH3 is 1. The van der Waals surface area contributed by atoms with Crippen molar-refractivity contribution < 1.29 is 9.47 Å². The van der Waals surface area contributed by atoms with Gasteiger partial charge in [0.2, 0.25) is 0 Å². The third kappa shape index (κ3) is 3.94. The lowest BCUT2D eigenvalue weighted by Crippen LogP contribution is -1.97. The van der Waals surface area contributed by atoms with E-state index in [0.717, 1.165) is 35.6 Å². The molecule has 2 aromatic rings. The minimum absolute atomic E-state index is 0.369. The van der Waals surface area contributed by atoms with Crippen molar-refractivity contribution in [2.24, 2.45) is 0 Å². The molecule has 0 fully saturated rings. The molecule has 2 rings (SSSR count). The summed E-state index contributed by atoms with van der Waals surface area (Å²) in [5.41, 5.74) is 7.72. The van der Waals surface area contributed by atoms with Crippen molar-refractivity contribution in [2.75, 3.05) is 12.8 Å². The molecule has 0 radical (unpaired) electrons. The Kier molecular flexibility index (Phi) is 5.59. The third-order valence-corrected chi connectivity index (χ3v) is 4.67. The second-order valence-electron chi connectivity index (χ2n) is 4.97. The Balaban J connectivity index is 2.39. The first-order valence-corrected chi connectivity index (χ1v) is 8.68. The minimum Gasteiger partial charge on any atom is -0.496 e. The molecular formula is C16H17I2NO2. The number of hydrogen-bond acceptors (Lipinski definition) is 3. The van der Waals surface area contributed by atoms with Crippen LogP contribution in [0.2, 0.25) is 0 Å². The maximum Gasteiger partial charge on any atom is 0.154 e.